The van der Waals surface area contributed by atoms with Crippen molar-refractivity contribution in [3.63, 3.8) is 0 Å². The largest absolute Gasteiger partial charge is 0.283 e. The molecule has 1 heterocycles. The fourth-order valence-corrected chi connectivity index (χ4v) is 2.52. The fourth-order valence-electron chi connectivity index (χ4n) is 2.34. The average molecular weight is 285 g/mol. The number of rotatable bonds is 1. The molecule has 2 aromatic rings. The average Bonchev–Trinajstić information content (AvgIpc) is 2.58. The minimum atomic E-state index is -0.0448. The van der Waals surface area contributed by atoms with Crippen LogP contribution in [0.25, 0.3) is 0 Å². The Labute approximate surface area is 122 Å². The summed E-state index contributed by atoms with van der Waals surface area (Å²) in [4.78, 5) is 18.3. The predicted molar refractivity (Wildman–Crippen MR) is 82.2 cm³/mol. The summed E-state index contributed by atoms with van der Waals surface area (Å²) < 4.78 is 0. The molecule has 0 aliphatic carbocycles. The zero-order chi connectivity index (χ0) is 14.1. The summed E-state index contributed by atoms with van der Waals surface area (Å²) in [5.74, 6) is -0.0448. The van der Waals surface area contributed by atoms with Crippen LogP contribution in [0, 0.1) is 6.92 Å². The molecule has 0 atom stereocenters. The van der Waals surface area contributed by atoms with Gasteiger partial charge in [0.15, 0.2) is 0 Å². The van der Waals surface area contributed by atoms with Crippen molar-refractivity contribution in [2.24, 2.45) is 4.99 Å². The fraction of sp³-hybridized carbons (Fsp3) is 0.125. The molecule has 100 valence electrons. The molecule has 0 N–H and O–H groups in total. The van der Waals surface area contributed by atoms with E-state index in [1.165, 1.54) is 0 Å². The van der Waals surface area contributed by atoms with Crippen molar-refractivity contribution in [3.8, 4) is 0 Å². The SMILES string of the molecule is Cc1ccccc1N1C(=O)CN=Cc2cc(Cl)ccc21. The van der Waals surface area contributed by atoms with Gasteiger partial charge in [-0.15, -0.1) is 0 Å². The first-order valence-corrected chi connectivity index (χ1v) is 6.72. The van der Waals surface area contributed by atoms with Gasteiger partial charge in [0.25, 0.3) is 5.91 Å². The number of para-hydroxylation sites is 1. The van der Waals surface area contributed by atoms with Gasteiger partial charge in [-0.05, 0) is 36.8 Å². The van der Waals surface area contributed by atoms with Gasteiger partial charge in [-0.25, -0.2) is 0 Å². The number of fused-ring (bicyclic) bond motifs is 1. The highest BCUT2D eigenvalue weighted by Crippen LogP contribution is 2.33. The molecule has 0 saturated heterocycles. The second kappa shape index (κ2) is 5.10. The summed E-state index contributed by atoms with van der Waals surface area (Å²) in [5.41, 5.74) is 3.59. The molecule has 0 aromatic heterocycles. The standard InChI is InChI=1S/C16H13ClN2O/c1-11-4-2-3-5-14(11)19-15-7-6-13(17)8-12(15)9-18-10-16(19)20/h2-9H,10H2,1H3. The summed E-state index contributed by atoms with van der Waals surface area (Å²) in [6.45, 7) is 2.13. The van der Waals surface area contributed by atoms with Crippen molar-refractivity contribution in [2.75, 3.05) is 11.4 Å². The van der Waals surface area contributed by atoms with Crippen LogP contribution in [0.4, 0.5) is 11.4 Å². The third-order valence-corrected chi connectivity index (χ3v) is 3.53. The summed E-state index contributed by atoms with van der Waals surface area (Å²) in [7, 11) is 0. The first kappa shape index (κ1) is 12.9. The number of halogens is 1. The van der Waals surface area contributed by atoms with Gasteiger partial charge in [-0.1, -0.05) is 29.8 Å². The van der Waals surface area contributed by atoms with E-state index < -0.39 is 0 Å². The van der Waals surface area contributed by atoms with Crippen molar-refractivity contribution >= 4 is 35.1 Å². The molecule has 0 fully saturated rings. The van der Waals surface area contributed by atoms with Crippen LogP contribution in [0.3, 0.4) is 0 Å². The minimum absolute atomic E-state index is 0.0448. The molecule has 4 heteroatoms. The van der Waals surface area contributed by atoms with E-state index in [1.807, 2.05) is 43.3 Å². The highest BCUT2D eigenvalue weighted by atomic mass is 35.5. The number of hydrogen-bond donors (Lipinski definition) is 0. The van der Waals surface area contributed by atoms with Crippen molar-refractivity contribution in [3.05, 3.63) is 58.6 Å². The van der Waals surface area contributed by atoms with E-state index >= 15 is 0 Å². The molecule has 0 radical (unpaired) electrons. The molecule has 1 amide bonds. The van der Waals surface area contributed by atoms with E-state index in [0.717, 1.165) is 22.5 Å². The van der Waals surface area contributed by atoms with Crippen LogP contribution in [0.2, 0.25) is 5.02 Å². The van der Waals surface area contributed by atoms with Crippen LogP contribution < -0.4 is 4.90 Å². The number of carbonyl (C=O) groups excluding carboxylic acids is 1. The first-order chi connectivity index (χ1) is 9.66. The Hall–Kier alpha value is -2.13. The maximum atomic E-state index is 12.4. The lowest BCUT2D eigenvalue weighted by atomic mass is 10.1. The molecule has 3 nitrogen and oxygen atoms in total. The number of anilines is 2. The Morgan fingerprint density at radius 2 is 1.95 bits per heavy atom. The minimum Gasteiger partial charge on any atom is -0.283 e. The molecular formula is C16H13ClN2O. The summed E-state index contributed by atoms with van der Waals surface area (Å²) >= 11 is 6.03. The molecule has 3 rings (SSSR count). The van der Waals surface area contributed by atoms with Gasteiger partial charge in [-0.2, -0.15) is 0 Å². The van der Waals surface area contributed by atoms with Crippen LogP contribution in [0.15, 0.2) is 47.5 Å². The smallest absolute Gasteiger partial charge is 0.253 e. The summed E-state index contributed by atoms with van der Waals surface area (Å²) in [6.07, 6.45) is 1.71. The Morgan fingerprint density at radius 3 is 2.75 bits per heavy atom. The Balaban J connectivity index is 2.21. The van der Waals surface area contributed by atoms with Crippen LogP contribution >= 0.6 is 11.6 Å². The number of aryl methyl sites for hydroxylation is 1. The lowest BCUT2D eigenvalue weighted by molar-refractivity contribution is -0.116. The van der Waals surface area contributed by atoms with Gasteiger partial charge >= 0.3 is 0 Å². The number of hydrogen-bond acceptors (Lipinski definition) is 2. The summed E-state index contributed by atoms with van der Waals surface area (Å²) in [5, 5.41) is 0.634. The second-order valence-electron chi connectivity index (χ2n) is 4.69. The van der Waals surface area contributed by atoms with Gasteiger partial charge in [0.1, 0.15) is 6.54 Å². The van der Waals surface area contributed by atoms with Crippen molar-refractivity contribution < 1.29 is 4.79 Å². The second-order valence-corrected chi connectivity index (χ2v) is 5.12. The Kier molecular flexibility index (Phi) is 3.28. The van der Waals surface area contributed by atoms with Crippen LogP contribution in [-0.4, -0.2) is 18.7 Å². The van der Waals surface area contributed by atoms with Gasteiger partial charge in [0.05, 0.1) is 11.4 Å². The van der Waals surface area contributed by atoms with Crippen molar-refractivity contribution in [2.45, 2.75) is 6.92 Å². The number of nitrogens with zero attached hydrogens (tertiary/aromatic N) is 2. The molecule has 20 heavy (non-hydrogen) atoms. The van der Waals surface area contributed by atoms with Gasteiger partial charge < -0.3 is 0 Å². The van der Waals surface area contributed by atoms with Gasteiger partial charge in [0, 0.05) is 16.8 Å². The predicted octanol–water partition coefficient (Wildman–Crippen LogP) is 3.75. The third kappa shape index (κ3) is 2.21. The molecule has 0 spiro atoms. The Morgan fingerprint density at radius 1 is 1.15 bits per heavy atom. The van der Waals surface area contributed by atoms with E-state index in [-0.39, 0.29) is 12.5 Å². The maximum absolute atomic E-state index is 12.4. The molecule has 0 saturated carbocycles. The maximum Gasteiger partial charge on any atom is 0.253 e. The highest BCUT2D eigenvalue weighted by molar-refractivity contribution is 6.31. The zero-order valence-corrected chi connectivity index (χ0v) is 11.8. The quantitative estimate of drug-likeness (QED) is 0.785. The number of aliphatic imine (C=N–C) groups is 1. The first-order valence-electron chi connectivity index (χ1n) is 6.35. The molecule has 1 aliphatic heterocycles. The number of amides is 1. The Bertz CT molecular complexity index is 709. The lowest BCUT2D eigenvalue weighted by Crippen LogP contribution is -2.28. The molecule has 1 aliphatic rings. The van der Waals surface area contributed by atoms with Crippen LogP contribution in [0.1, 0.15) is 11.1 Å². The van der Waals surface area contributed by atoms with Crippen molar-refractivity contribution in [1.29, 1.82) is 0 Å². The van der Waals surface area contributed by atoms with Gasteiger partial charge in [-0.3, -0.25) is 14.7 Å². The van der Waals surface area contributed by atoms with Crippen LogP contribution in [-0.2, 0) is 4.79 Å². The highest BCUT2D eigenvalue weighted by Gasteiger charge is 2.23. The molecule has 2 aromatic carbocycles. The lowest BCUT2D eigenvalue weighted by Gasteiger charge is -2.24. The van der Waals surface area contributed by atoms with Crippen LogP contribution in [0.5, 0.6) is 0 Å². The summed E-state index contributed by atoms with van der Waals surface area (Å²) in [6, 6.07) is 13.3. The van der Waals surface area contributed by atoms with E-state index in [0.29, 0.717) is 5.02 Å². The molecule has 0 unspecified atom stereocenters. The number of carbonyl (C=O) groups is 1. The number of benzodiazepines with no additional fused rings is 1. The molecular weight excluding hydrogens is 272 g/mol. The zero-order valence-electron chi connectivity index (χ0n) is 11.0. The van der Waals surface area contributed by atoms with Crippen molar-refractivity contribution in [1.82, 2.24) is 0 Å². The normalized spacial score (nSPS) is 14.1. The monoisotopic (exact) mass is 284 g/mol. The number of benzene rings is 2. The van der Waals surface area contributed by atoms with Gasteiger partial charge in [0.2, 0.25) is 0 Å². The topological polar surface area (TPSA) is 32.7 Å². The van der Waals surface area contributed by atoms with E-state index in [4.69, 9.17) is 11.6 Å². The molecule has 0 bridgehead atoms. The van der Waals surface area contributed by atoms with E-state index in [9.17, 15) is 4.79 Å². The third-order valence-electron chi connectivity index (χ3n) is 3.29. The van der Waals surface area contributed by atoms with E-state index in [1.54, 1.807) is 17.2 Å². The van der Waals surface area contributed by atoms with E-state index in [2.05, 4.69) is 4.99 Å².